The highest BCUT2D eigenvalue weighted by molar-refractivity contribution is 7.99. The second-order valence-electron chi connectivity index (χ2n) is 4.81. The maximum absolute atomic E-state index is 4.39. The Morgan fingerprint density at radius 3 is 2.76 bits per heavy atom. The van der Waals surface area contributed by atoms with Crippen LogP contribution in [0.2, 0.25) is 0 Å². The number of aromatic nitrogens is 6. The SMILES string of the molecule is CNc1nc(NCC2CCSCC2)nc(-n2cncn2)n1. The highest BCUT2D eigenvalue weighted by Gasteiger charge is 2.14. The Kier molecular flexibility index (Phi) is 4.49. The van der Waals surface area contributed by atoms with E-state index in [9.17, 15) is 0 Å². The van der Waals surface area contributed by atoms with E-state index in [0.29, 0.717) is 23.8 Å². The number of anilines is 2. The Labute approximate surface area is 127 Å². The van der Waals surface area contributed by atoms with Crippen LogP contribution in [-0.2, 0) is 0 Å². The first-order valence-corrected chi connectivity index (χ1v) is 8.11. The average Bonchev–Trinajstić information content (AvgIpc) is 3.08. The van der Waals surface area contributed by atoms with Crippen molar-refractivity contribution in [1.29, 1.82) is 0 Å². The minimum absolute atomic E-state index is 0.452. The molecule has 112 valence electrons. The summed E-state index contributed by atoms with van der Waals surface area (Å²) in [4.78, 5) is 16.9. The Bertz CT molecular complexity index is 567. The van der Waals surface area contributed by atoms with Gasteiger partial charge in [-0.15, -0.1) is 0 Å². The van der Waals surface area contributed by atoms with Crippen LogP contribution < -0.4 is 10.6 Å². The lowest BCUT2D eigenvalue weighted by molar-refractivity contribution is 0.514. The summed E-state index contributed by atoms with van der Waals surface area (Å²) >= 11 is 2.03. The minimum Gasteiger partial charge on any atom is -0.357 e. The number of hydrogen-bond acceptors (Lipinski definition) is 8. The molecule has 9 heteroatoms. The van der Waals surface area contributed by atoms with Crippen LogP contribution >= 0.6 is 11.8 Å². The number of thioether (sulfide) groups is 1. The van der Waals surface area contributed by atoms with Crippen molar-refractivity contribution in [3.63, 3.8) is 0 Å². The molecule has 21 heavy (non-hydrogen) atoms. The third-order valence-corrected chi connectivity index (χ3v) is 4.41. The molecule has 0 aliphatic carbocycles. The molecule has 2 aromatic rings. The zero-order valence-corrected chi connectivity index (χ0v) is 12.7. The third kappa shape index (κ3) is 3.60. The van der Waals surface area contributed by atoms with Crippen molar-refractivity contribution in [3.8, 4) is 5.95 Å². The van der Waals surface area contributed by atoms with E-state index < -0.39 is 0 Å². The van der Waals surface area contributed by atoms with E-state index in [1.165, 1.54) is 35.4 Å². The molecule has 2 aromatic heterocycles. The lowest BCUT2D eigenvalue weighted by Gasteiger charge is -2.21. The van der Waals surface area contributed by atoms with Gasteiger partial charge in [-0.05, 0) is 30.3 Å². The first kappa shape index (κ1) is 14.1. The molecule has 1 fully saturated rings. The summed E-state index contributed by atoms with van der Waals surface area (Å²) in [7, 11) is 1.78. The summed E-state index contributed by atoms with van der Waals surface area (Å²) in [6, 6.07) is 0. The molecule has 0 atom stereocenters. The van der Waals surface area contributed by atoms with Gasteiger partial charge in [0.15, 0.2) is 0 Å². The molecule has 3 heterocycles. The van der Waals surface area contributed by atoms with Crippen molar-refractivity contribution >= 4 is 23.7 Å². The molecular formula is C12H18N8S. The summed E-state index contributed by atoms with van der Waals surface area (Å²) < 4.78 is 1.52. The number of rotatable bonds is 5. The number of hydrogen-bond donors (Lipinski definition) is 2. The quantitative estimate of drug-likeness (QED) is 0.846. The fourth-order valence-electron chi connectivity index (χ4n) is 2.16. The third-order valence-electron chi connectivity index (χ3n) is 3.36. The van der Waals surface area contributed by atoms with Crippen LogP contribution in [0.3, 0.4) is 0 Å². The Balaban J connectivity index is 1.73. The smallest absolute Gasteiger partial charge is 0.258 e. The second kappa shape index (κ2) is 6.70. The molecule has 0 aromatic carbocycles. The molecule has 0 saturated carbocycles. The van der Waals surface area contributed by atoms with E-state index in [1.54, 1.807) is 13.4 Å². The van der Waals surface area contributed by atoms with Crippen LogP contribution in [-0.4, -0.2) is 54.8 Å². The van der Waals surface area contributed by atoms with Crippen molar-refractivity contribution in [2.75, 3.05) is 35.7 Å². The first-order chi connectivity index (χ1) is 10.3. The molecule has 0 radical (unpaired) electrons. The van der Waals surface area contributed by atoms with Gasteiger partial charge in [-0.2, -0.15) is 36.5 Å². The van der Waals surface area contributed by atoms with E-state index in [-0.39, 0.29) is 0 Å². The summed E-state index contributed by atoms with van der Waals surface area (Å²) in [6.45, 7) is 0.893. The van der Waals surface area contributed by atoms with Gasteiger partial charge >= 0.3 is 0 Å². The molecule has 0 amide bonds. The molecule has 0 bridgehead atoms. The Hall–Kier alpha value is -1.90. The van der Waals surface area contributed by atoms with E-state index in [4.69, 9.17) is 0 Å². The predicted molar refractivity (Wildman–Crippen MR) is 82.8 cm³/mol. The van der Waals surface area contributed by atoms with Crippen LogP contribution in [0, 0.1) is 5.92 Å². The van der Waals surface area contributed by atoms with Gasteiger partial charge in [0.25, 0.3) is 5.95 Å². The van der Waals surface area contributed by atoms with Crippen molar-refractivity contribution < 1.29 is 0 Å². The Morgan fingerprint density at radius 1 is 1.24 bits per heavy atom. The van der Waals surface area contributed by atoms with Gasteiger partial charge in [0.2, 0.25) is 11.9 Å². The standard InChI is InChI=1S/C12H18N8S/c1-13-10-17-11(15-6-9-2-4-21-5-3-9)19-12(18-10)20-8-14-7-16-20/h7-9H,2-6H2,1H3,(H2,13,15,17,18,19). The molecule has 3 rings (SSSR count). The largest absolute Gasteiger partial charge is 0.357 e. The van der Waals surface area contributed by atoms with Gasteiger partial charge in [-0.25, -0.2) is 4.98 Å². The summed E-state index contributed by atoms with van der Waals surface area (Å²) in [5.41, 5.74) is 0. The zero-order chi connectivity index (χ0) is 14.5. The van der Waals surface area contributed by atoms with Crippen molar-refractivity contribution in [1.82, 2.24) is 29.7 Å². The van der Waals surface area contributed by atoms with Crippen molar-refractivity contribution in [2.45, 2.75) is 12.8 Å². The van der Waals surface area contributed by atoms with E-state index in [1.807, 2.05) is 11.8 Å². The van der Waals surface area contributed by atoms with E-state index in [0.717, 1.165) is 6.54 Å². The van der Waals surface area contributed by atoms with E-state index in [2.05, 4.69) is 35.7 Å². The van der Waals surface area contributed by atoms with Crippen LogP contribution in [0.1, 0.15) is 12.8 Å². The topological polar surface area (TPSA) is 93.4 Å². The monoisotopic (exact) mass is 306 g/mol. The maximum atomic E-state index is 4.39. The maximum Gasteiger partial charge on any atom is 0.258 e. The van der Waals surface area contributed by atoms with Gasteiger partial charge < -0.3 is 10.6 Å². The average molecular weight is 306 g/mol. The zero-order valence-electron chi connectivity index (χ0n) is 11.9. The summed E-state index contributed by atoms with van der Waals surface area (Å²) in [5.74, 6) is 4.71. The van der Waals surface area contributed by atoms with Gasteiger partial charge in [-0.3, -0.25) is 0 Å². The molecular weight excluding hydrogens is 288 g/mol. The van der Waals surface area contributed by atoms with Crippen LogP contribution in [0.5, 0.6) is 0 Å². The molecule has 0 unspecified atom stereocenters. The van der Waals surface area contributed by atoms with Crippen LogP contribution in [0.4, 0.5) is 11.9 Å². The normalized spacial score (nSPS) is 15.9. The highest BCUT2D eigenvalue weighted by Crippen LogP contribution is 2.22. The molecule has 1 saturated heterocycles. The van der Waals surface area contributed by atoms with Gasteiger partial charge in [0.1, 0.15) is 12.7 Å². The molecule has 1 aliphatic heterocycles. The first-order valence-electron chi connectivity index (χ1n) is 6.95. The molecule has 8 nitrogen and oxygen atoms in total. The number of nitrogens with one attached hydrogen (secondary N) is 2. The molecule has 2 N–H and O–H groups in total. The van der Waals surface area contributed by atoms with Gasteiger partial charge in [0.05, 0.1) is 0 Å². The van der Waals surface area contributed by atoms with Gasteiger partial charge in [-0.1, -0.05) is 0 Å². The van der Waals surface area contributed by atoms with Crippen molar-refractivity contribution in [3.05, 3.63) is 12.7 Å². The van der Waals surface area contributed by atoms with E-state index >= 15 is 0 Å². The van der Waals surface area contributed by atoms with Crippen molar-refractivity contribution in [2.24, 2.45) is 5.92 Å². The minimum atomic E-state index is 0.452. The fourth-order valence-corrected chi connectivity index (χ4v) is 3.36. The summed E-state index contributed by atoms with van der Waals surface area (Å²) in [5, 5.41) is 10.3. The fraction of sp³-hybridized carbons (Fsp3) is 0.583. The summed E-state index contributed by atoms with van der Waals surface area (Å²) in [6.07, 6.45) is 5.52. The molecule has 0 spiro atoms. The number of nitrogens with zero attached hydrogens (tertiary/aromatic N) is 6. The van der Waals surface area contributed by atoms with Gasteiger partial charge in [0, 0.05) is 13.6 Å². The predicted octanol–water partition coefficient (Wildman–Crippen LogP) is 1.05. The molecule has 1 aliphatic rings. The Morgan fingerprint density at radius 2 is 2.05 bits per heavy atom. The lowest BCUT2D eigenvalue weighted by Crippen LogP contribution is -2.21. The second-order valence-corrected chi connectivity index (χ2v) is 6.03. The van der Waals surface area contributed by atoms with Crippen LogP contribution in [0.25, 0.3) is 5.95 Å². The highest BCUT2D eigenvalue weighted by atomic mass is 32.2. The lowest BCUT2D eigenvalue weighted by atomic mass is 10.0. The van der Waals surface area contributed by atoms with Crippen LogP contribution in [0.15, 0.2) is 12.7 Å².